The zero-order valence-electron chi connectivity index (χ0n) is 11.4. The Morgan fingerprint density at radius 1 is 1.17 bits per heavy atom. The van der Waals surface area contributed by atoms with Crippen LogP contribution in [0, 0.1) is 0 Å². The van der Waals surface area contributed by atoms with Gasteiger partial charge in [-0.05, 0) is 32.0 Å². The average Bonchev–Trinajstić information content (AvgIpc) is 2.43. The molecule has 0 saturated carbocycles. The Hall–Kier alpha value is -1.48. The van der Waals surface area contributed by atoms with E-state index in [0.717, 1.165) is 29.7 Å². The Balaban J connectivity index is 2.19. The van der Waals surface area contributed by atoms with E-state index < -0.39 is 0 Å². The minimum Gasteiger partial charge on any atom is -0.314 e. The van der Waals surface area contributed by atoms with E-state index in [0.29, 0.717) is 12.0 Å². The quantitative estimate of drug-likeness (QED) is 0.876. The summed E-state index contributed by atoms with van der Waals surface area (Å²) in [5.41, 5.74) is 3.00. The summed E-state index contributed by atoms with van der Waals surface area (Å²) in [5, 5.41) is 3.51. The number of nitrogens with zero attached hydrogens (tertiary/aromatic N) is 2. The first-order chi connectivity index (χ1) is 8.72. The molecule has 1 N–H and O–H groups in total. The van der Waals surface area contributed by atoms with E-state index in [9.17, 15) is 0 Å². The predicted octanol–water partition coefficient (Wildman–Crippen LogP) is 3.12. The summed E-state index contributed by atoms with van der Waals surface area (Å²) in [6, 6.07) is 8.42. The first-order valence-corrected chi connectivity index (χ1v) is 6.67. The molecular weight excluding hydrogens is 222 g/mol. The zero-order chi connectivity index (χ0) is 13.0. The van der Waals surface area contributed by atoms with Crippen LogP contribution in [0.25, 0.3) is 11.0 Å². The van der Waals surface area contributed by atoms with E-state index in [4.69, 9.17) is 4.98 Å². The number of fused-ring (bicyclic) bond motifs is 1. The van der Waals surface area contributed by atoms with Crippen molar-refractivity contribution in [2.45, 2.75) is 39.2 Å². The Morgan fingerprint density at radius 3 is 2.61 bits per heavy atom. The van der Waals surface area contributed by atoms with Gasteiger partial charge in [-0.2, -0.15) is 0 Å². The first-order valence-electron chi connectivity index (χ1n) is 6.67. The Morgan fingerprint density at radius 2 is 1.89 bits per heavy atom. The lowest BCUT2D eigenvalue weighted by molar-refractivity contribution is 0.474. The Kier molecular flexibility index (Phi) is 4.26. The highest BCUT2D eigenvalue weighted by molar-refractivity contribution is 5.73. The summed E-state index contributed by atoms with van der Waals surface area (Å²) in [5.74, 6) is 0.369. The molecule has 3 heteroatoms. The summed E-state index contributed by atoms with van der Waals surface area (Å²) >= 11 is 0. The van der Waals surface area contributed by atoms with Crippen LogP contribution in [-0.2, 0) is 0 Å². The molecule has 0 aliphatic heterocycles. The molecule has 0 bridgehead atoms. The number of nitrogens with one attached hydrogen (secondary N) is 1. The second-order valence-corrected chi connectivity index (χ2v) is 4.82. The van der Waals surface area contributed by atoms with Crippen molar-refractivity contribution in [2.75, 3.05) is 6.54 Å². The van der Waals surface area contributed by atoms with Crippen molar-refractivity contribution in [3.05, 3.63) is 36.2 Å². The molecule has 2 atom stereocenters. The van der Waals surface area contributed by atoms with Gasteiger partial charge in [0.15, 0.2) is 0 Å². The second-order valence-electron chi connectivity index (χ2n) is 4.82. The highest BCUT2D eigenvalue weighted by Crippen LogP contribution is 2.18. The molecule has 0 aliphatic rings. The van der Waals surface area contributed by atoms with Gasteiger partial charge in [-0.25, -0.2) is 4.98 Å². The van der Waals surface area contributed by atoms with Crippen molar-refractivity contribution in [1.82, 2.24) is 15.3 Å². The van der Waals surface area contributed by atoms with Gasteiger partial charge in [0, 0.05) is 18.2 Å². The van der Waals surface area contributed by atoms with Crippen LogP contribution in [0.2, 0.25) is 0 Å². The molecule has 0 fully saturated rings. The maximum absolute atomic E-state index is 4.70. The van der Waals surface area contributed by atoms with E-state index >= 15 is 0 Å². The molecule has 2 aromatic rings. The van der Waals surface area contributed by atoms with E-state index in [1.807, 2.05) is 30.5 Å². The first kappa shape index (κ1) is 13.0. The summed E-state index contributed by atoms with van der Waals surface area (Å²) in [6.45, 7) is 7.63. The molecule has 0 spiro atoms. The largest absolute Gasteiger partial charge is 0.314 e. The fraction of sp³-hybridized carbons (Fsp3) is 0.467. The molecule has 1 aromatic heterocycles. The van der Waals surface area contributed by atoms with Gasteiger partial charge >= 0.3 is 0 Å². The highest BCUT2D eigenvalue weighted by atomic mass is 14.9. The van der Waals surface area contributed by atoms with Gasteiger partial charge in [-0.1, -0.05) is 26.0 Å². The predicted molar refractivity (Wildman–Crippen MR) is 75.7 cm³/mol. The van der Waals surface area contributed by atoms with E-state index in [-0.39, 0.29) is 0 Å². The standard InChI is InChI=1S/C15H21N3/c1-4-9-16-12(3)11(2)15-10-17-13-7-5-6-8-14(13)18-15/h5-8,10-12,16H,4,9H2,1-3H3. The minimum absolute atomic E-state index is 0.369. The Labute approximate surface area is 109 Å². The van der Waals surface area contributed by atoms with Crippen LogP contribution in [0.4, 0.5) is 0 Å². The van der Waals surface area contributed by atoms with Gasteiger partial charge in [0.05, 0.1) is 16.7 Å². The van der Waals surface area contributed by atoms with E-state index in [2.05, 4.69) is 31.1 Å². The molecule has 0 aliphatic carbocycles. The molecule has 0 saturated heterocycles. The topological polar surface area (TPSA) is 37.8 Å². The lowest BCUT2D eigenvalue weighted by atomic mass is 10.00. The smallest absolute Gasteiger partial charge is 0.0890 e. The van der Waals surface area contributed by atoms with Crippen LogP contribution in [0.5, 0.6) is 0 Å². The number of hydrogen-bond acceptors (Lipinski definition) is 3. The summed E-state index contributed by atoms with van der Waals surface area (Å²) in [6.07, 6.45) is 3.05. The van der Waals surface area contributed by atoms with Crippen molar-refractivity contribution in [1.29, 1.82) is 0 Å². The van der Waals surface area contributed by atoms with Crippen LogP contribution >= 0.6 is 0 Å². The number of para-hydroxylation sites is 2. The monoisotopic (exact) mass is 243 g/mol. The van der Waals surface area contributed by atoms with Crippen molar-refractivity contribution >= 4 is 11.0 Å². The van der Waals surface area contributed by atoms with Crippen molar-refractivity contribution < 1.29 is 0 Å². The summed E-state index contributed by atoms with van der Waals surface area (Å²) in [7, 11) is 0. The zero-order valence-corrected chi connectivity index (χ0v) is 11.4. The third-order valence-corrected chi connectivity index (χ3v) is 3.40. The molecule has 0 radical (unpaired) electrons. The molecule has 0 amide bonds. The average molecular weight is 243 g/mol. The molecule has 96 valence electrons. The fourth-order valence-electron chi connectivity index (χ4n) is 2.00. The second kappa shape index (κ2) is 5.91. The fourth-order valence-corrected chi connectivity index (χ4v) is 2.00. The normalized spacial score (nSPS) is 14.6. The number of benzene rings is 1. The van der Waals surface area contributed by atoms with Crippen molar-refractivity contribution in [2.24, 2.45) is 0 Å². The van der Waals surface area contributed by atoms with E-state index in [1.165, 1.54) is 0 Å². The molecule has 2 unspecified atom stereocenters. The number of aromatic nitrogens is 2. The van der Waals surface area contributed by atoms with Crippen LogP contribution in [0.15, 0.2) is 30.5 Å². The number of hydrogen-bond donors (Lipinski definition) is 1. The highest BCUT2D eigenvalue weighted by Gasteiger charge is 2.15. The van der Waals surface area contributed by atoms with Gasteiger partial charge in [-0.3, -0.25) is 4.98 Å². The van der Waals surface area contributed by atoms with E-state index in [1.54, 1.807) is 0 Å². The SMILES string of the molecule is CCCNC(C)C(C)c1cnc2ccccc2n1. The van der Waals surface area contributed by atoms with Gasteiger partial charge in [-0.15, -0.1) is 0 Å². The number of rotatable bonds is 5. The van der Waals surface area contributed by atoms with Crippen molar-refractivity contribution in [3.63, 3.8) is 0 Å². The molecule has 3 nitrogen and oxygen atoms in total. The summed E-state index contributed by atoms with van der Waals surface area (Å²) in [4.78, 5) is 9.18. The van der Waals surface area contributed by atoms with Gasteiger partial charge in [0.2, 0.25) is 0 Å². The lowest BCUT2D eigenvalue weighted by Crippen LogP contribution is -2.31. The molecular formula is C15H21N3. The van der Waals surface area contributed by atoms with Crippen LogP contribution in [-0.4, -0.2) is 22.6 Å². The van der Waals surface area contributed by atoms with Gasteiger partial charge in [0.1, 0.15) is 0 Å². The third-order valence-electron chi connectivity index (χ3n) is 3.40. The molecule has 2 rings (SSSR count). The third kappa shape index (κ3) is 2.85. The van der Waals surface area contributed by atoms with Crippen LogP contribution < -0.4 is 5.32 Å². The van der Waals surface area contributed by atoms with Crippen molar-refractivity contribution in [3.8, 4) is 0 Å². The van der Waals surface area contributed by atoms with Crippen LogP contribution in [0.3, 0.4) is 0 Å². The molecule has 18 heavy (non-hydrogen) atoms. The minimum atomic E-state index is 0.369. The van der Waals surface area contributed by atoms with Gasteiger partial charge in [0.25, 0.3) is 0 Å². The van der Waals surface area contributed by atoms with Crippen LogP contribution in [0.1, 0.15) is 38.8 Å². The maximum Gasteiger partial charge on any atom is 0.0890 e. The Bertz CT molecular complexity index is 510. The van der Waals surface area contributed by atoms with Gasteiger partial charge < -0.3 is 5.32 Å². The molecule has 1 aromatic carbocycles. The maximum atomic E-state index is 4.70. The molecule has 1 heterocycles. The summed E-state index contributed by atoms with van der Waals surface area (Å²) < 4.78 is 0. The lowest BCUT2D eigenvalue weighted by Gasteiger charge is -2.20.